The summed E-state index contributed by atoms with van der Waals surface area (Å²) in [6, 6.07) is 8.01. The summed E-state index contributed by atoms with van der Waals surface area (Å²) in [5.41, 5.74) is 9.00. The van der Waals surface area contributed by atoms with Gasteiger partial charge in [0.25, 0.3) is 0 Å². The van der Waals surface area contributed by atoms with Crippen molar-refractivity contribution in [1.29, 1.82) is 0 Å². The van der Waals surface area contributed by atoms with Crippen LogP contribution in [0.4, 0.5) is 11.4 Å². The highest BCUT2D eigenvalue weighted by molar-refractivity contribution is 8.06. The topological polar surface area (TPSA) is 50.9 Å². The molecule has 0 spiro atoms. The second kappa shape index (κ2) is 5.92. The maximum absolute atomic E-state index is 6.22. The van der Waals surface area contributed by atoms with Crippen LogP contribution < -0.4 is 11.1 Å². The van der Waals surface area contributed by atoms with Gasteiger partial charge in [-0.3, -0.25) is 4.98 Å². The summed E-state index contributed by atoms with van der Waals surface area (Å²) in [4.78, 5) is 4.32. The molecule has 1 unspecified atom stereocenters. The molecule has 1 aliphatic heterocycles. The molecule has 0 saturated carbocycles. The SMILES string of the molecule is Nc1c(NCC2CSCCS2)ccc2ncccc12. The van der Waals surface area contributed by atoms with Crippen molar-refractivity contribution in [3.63, 3.8) is 0 Å². The highest BCUT2D eigenvalue weighted by Crippen LogP contribution is 2.29. The zero-order chi connectivity index (χ0) is 13.1. The summed E-state index contributed by atoms with van der Waals surface area (Å²) in [6.45, 7) is 0.980. The lowest BCUT2D eigenvalue weighted by Crippen LogP contribution is -2.23. The number of pyridine rings is 1. The van der Waals surface area contributed by atoms with Gasteiger partial charge in [-0.05, 0) is 24.3 Å². The molecular formula is C14H17N3S2. The van der Waals surface area contributed by atoms with Crippen molar-refractivity contribution in [3.05, 3.63) is 30.5 Å². The zero-order valence-corrected chi connectivity index (χ0v) is 12.3. The Morgan fingerprint density at radius 1 is 1.32 bits per heavy atom. The first-order chi connectivity index (χ1) is 9.34. The smallest absolute Gasteiger partial charge is 0.0724 e. The van der Waals surface area contributed by atoms with Gasteiger partial charge in [0.2, 0.25) is 0 Å². The van der Waals surface area contributed by atoms with E-state index in [2.05, 4.69) is 22.1 Å². The molecule has 1 saturated heterocycles. The molecule has 2 aromatic rings. The first-order valence-electron chi connectivity index (χ1n) is 6.41. The minimum absolute atomic E-state index is 0.683. The van der Waals surface area contributed by atoms with Crippen LogP contribution in [0.2, 0.25) is 0 Å². The lowest BCUT2D eigenvalue weighted by Gasteiger charge is -2.22. The summed E-state index contributed by atoms with van der Waals surface area (Å²) >= 11 is 4.10. The van der Waals surface area contributed by atoms with Gasteiger partial charge in [0.15, 0.2) is 0 Å². The molecule has 5 heteroatoms. The molecule has 3 N–H and O–H groups in total. The summed E-state index contributed by atoms with van der Waals surface area (Å²) < 4.78 is 0. The Hall–Kier alpha value is -1.07. The van der Waals surface area contributed by atoms with Gasteiger partial charge in [-0.1, -0.05) is 0 Å². The third-order valence-electron chi connectivity index (χ3n) is 3.23. The Morgan fingerprint density at radius 2 is 2.26 bits per heavy atom. The molecule has 100 valence electrons. The van der Waals surface area contributed by atoms with Crippen LogP contribution in [0.5, 0.6) is 0 Å². The van der Waals surface area contributed by atoms with Crippen LogP contribution in [0.15, 0.2) is 30.5 Å². The van der Waals surface area contributed by atoms with Crippen LogP contribution in [0, 0.1) is 0 Å². The zero-order valence-electron chi connectivity index (χ0n) is 10.6. The van der Waals surface area contributed by atoms with E-state index in [0.29, 0.717) is 5.25 Å². The second-order valence-electron chi connectivity index (χ2n) is 4.55. The Balaban J connectivity index is 1.75. The van der Waals surface area contributed by atoms with E-state index in [1.54, 1.807) is 6.20 Å². The first kappa shape index (κ1) is 12.9. The van der Waals surface area contributed by atoms with Crippen LogP contribution >= 0.6 is 23.5 Å². The van der Waals surface area contributed by atoms with Gasteiger partial charge >= 0.3 is 0 Å². The molecule has 1 fully saturated rings. The van der Waals surface area contributed by atoms with Crippen LogP contribution in [-0.2, 0) is 0 Å². The molecule has 3 rings (SSSR count). The van der Waals surface area contributed by atoms with Crippen molar-refractivity contribution < 1.29 is 0 Å². The molecule has 0 aliphatic carbocycles. The number of nitrogens with zero attached hydrogens (tertiary/aromatic N) is 1. The van der Waals surface area contributed by atoms with Crippen molar-refractivity contribution in [3.8, 4) is 0 Å². The predicted molar refractivity (Wildman–Crippen MR) is 88.2 cm³/mol. The highest BCUT2D eigenvalue weighted by Gasteiger charge is 2.14. The predicted octanol–water partition coefficient (Wildman–Crippen LogP) is 3.08. The van der Waals surface area contributed by atoms with Gasteiger partial charge in [-0.25, -0.2) is 0 Å². The fraction of sp³-hybridized carbons (Fsp3) is 0.357. The molecular weight excluding hydrogens is 274 g/mol. The fourth-order valence-electron chi connectivity index (χ4n) is 2.21. The number of nitrogens with one attached hydrogen (secondary N) is 1. The number of benzene rings is 1. The van der Waals surface area contributed by atoms with E-state index in [1.807, 2.05) is 36.0 Å². The fourth-order valence-corrected chi connectivity index (χ4v) is 4.82. The Labute approximate surface area is 121 Å². The van der Waals surface area contributed by atoms with Crippen molar-refractivity contribution >= 4 is 45.8 Å². The molecule has 19 heavy (non-hydrogen) atoms. The van der Waals surface area contributed by atoms with Gasteiger partial charge in [0, 0.05) is 40.6 Å². The number of thioether (sulfide) groups is 2. The Kier molecular flexibility index (Phi) is 4.03. The van der Waals surface area contributed by atoms with E-state index in [9.17, 15) is 0 Å². The molecule has 1 aromatic carbocycles. The normalized spacial score (nSPS) is 19.5. The maximum atomic E-state index is 6.22. The summed E-state index contributed by atoms with van der Waals surface area (Å²) in [7, 11) is 0. The molecule has 1 aromatic heterocycles. The van der Waals surface area contributed by atoms with E-state index in [1.165, 1.54) is 17.3 Å². The van der Waals surface area contributed by atoms with Crippen LogP contribution in [0.3, 0.4) is 0 Å². The van der Waals surface area contributed by atoms with E-state index in [-0.39, 0.29) is 0 Å². The first-order valence-corrected chi connectivity index (χ1v) is 8.61. The van der Waals surface area contributed by atoms with Crippen LogP contribution in [0.25, 0.3) is 10.9 Å². The third kappa shape index (κ3) is 2.92. The van der Waals surface area contributed by atoms with Crippen LogP contribution in [-0.4, -0.2) is 34.0 Å². The summed E-state index contributed by atoms with van der Waals surface area (Å²) in [5.74, 6) is 3.77. The van der Waals surface area contributed by atoms with Gasteiger partial charge in [-0.15, -0.1) is 0 Å². The number of hydrogen-bond donors (Lipinski definition) is 2. The minimum atomic E-state index is 0.683. The van der Waals surface area contributed by atoms with Gasteiger partial charge < -0.3 is 11.1 Å². The molecule has 2 heterocycles. The van der Waals surface area contributed by atoms with Gasteiger partial charge in [0.1, 0.15) is 0 Å². The molecule has 3 nitrogen and oxygen atoms in total. The standard InChI is InChI=1S/C14H17N3S2/c15-14-11-2-1-5-16-12(11)3-4-13(14)17-8-10-9-18-6-7-19-10/h1-5,10,17H,6-9,15H2. The van der Waals surface area contributed by atoms with Crippen LogP contribution in [0.1, 0.15) is 0 Å². The van der Waals surface area contributed by atoms with E-state index < -0.39 is 0 Å². The summed E-state index contributed by atoms with van der Waals surface area (Å²) in [6.07, 6.45) is 1.80. The largest absolute Gasteiger partial charge is 0.397 e. The molecule has 0 amide bonds. The molecule has 0 bridgehead atoms. The second-order valence-corrected chi connectivity index (χ2v) is 7.10. The highest BCUT2D eigenvalue weighted by atomic mass is 32.2. The van der Waals surface area contributed by atoms with Gasteiger partial charge in [-0.2, -0.15) is 23.5 Å². The number of rotatable bonds is 3. The third-order valence-corrected chi connectivity index (χ3v) is 6.08. The monoisotopic (exact) mass is 291 g/mol. The van der Waals surface area contributed by atoms with E-state index >= 15 is 0 Å². The molecule has 0 radical (unpaired) electrons. The quantitative estimate of drug-likeness (QED) is 0.851. The van der Waals surface area contributed by atoms with Crippen molar-refractivity contribution in [2.24, 2.45) is 0 Å². The number of aromatic nitrogens is 1. The molecule has 1 aliphatic rings. The number of nitrogen functional groups attached to an aromatic ring is 1. The van der Waals surface area contributed by atoms with Crippen molar-refractivity contribution in [1.82, 2.24) is 4.98 Å². The number of fused-ring (bicyclic) bond motifs is 1. The number of anilines is 2. The Morgan fingerprint density at radius 3 is 3.11 bits per heavy atom. The lowest BCUT2D eigenvalue weighted by atomic mass is 10.1. The van der Waals surface area contributed by atoms with E-state index in [0.717, 1.165) is 28.8 Å². The van der Waals surface area contributed by atoms with Gasteiger partial charge in [0.05, 0.1) is 16.9 Å². The van der Waals surface area contributed by atoms with E-state index in [4.69, 9.17) is 5.73 Å². The Bertz CT molecular complexity index is 568. The van der Waals surface area contributed by atoms with Crippen molar-refractivity contribution in [2.45, 2.75) is 5.25 Å². The van der Waals surface area contributed by atoms with Crippen molar-refractivity contribution in [2.75, 3.05) is 34.9 Å². The maximum Gasteiger partial charge on any atom is 0.0724 e. The lowest BCUT2D eigenvalue weighted by molar-refractivity contribution is 1.01. The molecule has 1 atom stereocenters. The average Bonchev–Trinajstić information content (AvgIpc) is 2.48. The number of hydrogen-bond acceptors (Lipinski definition) is 5. The average molecular weight is 291 g/mol. The summed E-state index contributed by atoms with van der Waals surface area (Å²) in [5, 5.41) is 5.20. The minimum Gasteiger partial charge on any atom is -0.397 e. The number of nitrogens with two attached hydrogens (primary N) is 1.